The van der Waals surface area contributed by atoms with Crippen LogP contribution >= 0.6 is 11.3 Å². The molecule has 3 heterocycles. The van der Waals surface area contributed by atoms with Crippen LogP contribution in [0.5, 0.6) is 0 Å². The first-order valence-electron chi connectivity index (χ1n) is 11.1. The lowest BCUT2D eigenvalue weighted by Crippen LogP contribution is -2.35. The van der Waals surface area contributed by atoms with Gasteiger partial charge in [-0.25, -0.2) is 9.97 Å². The standard InChI is InChI=1S/C25H28N4O3S/c1-16-12-13-26-23(14-16)28-22-5-3-4-20(27-22)21-11-10-19(33-21)15-29(2)24(30)17-6-8-18(9-7-17)25(31)32/h3-5,10-14,17-18H,6-9,15H2,1-2H3,(H,31,32)(H,26,27,28)/t17-,18-. The molecule has 0 radical (unpaired) electrons. The molecule has 2 N–H and O–H groups in total. The van der Waals surface area contributed by atoms with Crippen LogP contribution in [-0.2, 0) is 16.1 Å². The summed E-state index contributed by atoms with van der Waals surface area (Å²) in [6, 6.07) is 13.8. The summed E-state index contributed by atoms with van der Waals surface area (Å²) in [7, 11) is 1.82. The first kappa shape index (κ1) is 22.9. The third kappa shape index (κ3) is 5.76. The molecule has 3 aromatic rings. The van der Waals surface area contributed by atoms with Gasteiger partial charge in [0.1, 0.15) is 11.6 Å². The Morgan fingerprint density at radius 2 is 1.85 bits per heavy atom. The Balaban J connectivity index is 1.38. The molecule has 8 heteroatoms. The molecule has 0 spiro atoms. The second-order valence-electron chi connectivity index (χ2n) is 8.60. The number of anilines is 2. The molecule has 33 heavy (non-hydrogen) atoms. The molecule has 172 valence electrons. The number of hydrogen-bond donors (Lipinski definition) is 2. The Hall–Kier alpha value is -3.26. The van der Waals surface area contributed by atoms with Crippen LogP contribution in [0.2, 0.25) is 0 Å². The fraction of sp³-hybridized carbons (Fsp3) is 0.360. The fourth-order valence-corrected chi connectivity index (χ4v) is 5.22. The van der Waals surface area contributed by atoms with Gasteiger partial charge >= 0.3 is 5.97 Å². The number of carboxylic acid groups (broad SMARTS) is 1. The summed E-state index contributed by atoms with van der Waals surface area (Å²) in [6.07, 6.45) is 4.22. The third-order valence-corrected chi connectivity index (χ3v) is 7.12. The van der Waals surface area contributed by atoms with Gasteiger partial charge in [-0.1, -0.05) is 6.07 Å². The van der Waals surface area contributed by atoms with Gasteiger partial charge in [-0.05, 0) is 74.6 Å². The molecular formula is C25H28N4O3S. The maximum Gasteiger partial charge on any atom is 0.306 e. The predicted molar refractivity (Wildman–Crippen MR) is 129 cm³/mol. The van der Waals surface area contributed by atoms with Crippen molar-refractivity contribution in [3.05, 3.63) is 59.1 Å². The number of carbonyl (C=O) groups excluding carboxylic acids is 1. The number of nitrogens with zero attached hydrogens (tertiary/aromatic N) is 3. The largest absolute Gasteiger partial charge is 0.481 e. The van der Waals surface area contributed by atoms with Crippen LogP contribution in [0.3, 0.4) is 0 Å². The van der Waals surface area contributed by atoms with E-state index in [-0.39, 0.29) is 17.7 Å². The highest BCUT2D eigenvalue weighted by Crippen LogP contribution is 2.32. The number of aromatic nitrogens is 2. The smallest absolute Gasteiger partial charge is 0.306 e. The first-order chi connectivity index (χ1) is 15.9. The van der Waals surface area contributed by atoms with E-state index in [1.54, 1.807) is 22.4 Å². The monoisotopic (exact) mass is 464 g/mol. The van der Waals surface area contributed by atoms with E-state index in [0.29, 0.717) is 32.2 Å². The Bertz CT molecular complexity index is 1140. The number of rotatable bonds is 7. The summed E-state index contributed by atoms with van der Waals surface area (Å²) >= 11 is 1.62. The molecular weight excluding hydrogens is 436 g/mol. The maximum atomic E-state index is 12.9. The molecule has 3 aromatic heterocycles. The summed E-state index contributed by atoms with van der Waals surface area (Å²) in [4.78, 5) is 36.9. The zero-order valence-electron chi connectivity index (χ0n) is 18.8. The minimum Gasteiger partial charge on any atom is -0.481 e. The van der Waals surface area contributed by atoms with Gasteiger partial charge in [0.15, 0.2) is 0 Å². The summed E-state index contributed by atoms with van der Waals surface area (Å²) in [5.41, 5.74) is 1.99. The Morgan fingerprint density at radius 3 is 2.58 bits per heavy atom. The quantitative estimate of drug-likeness (QED) is 0.505. The number of aliphatic carboxylic acids is 1. The molecule has 0 saturated heterocycles. The second kappa shape index (κ2) is 10.1. The topological polar surface area (TPSA) is 95.4 Å². The van der Waals surface area contributed by atoms with Crippen LogP contribution in [0.25, 0.3) is 10.6 Å². The van der Waals surface area contributed by atoms with Crippen molar-refractivity contribution in [3.63, 3.8) is 0 Å². The molecule has 0 aromatic carbocycles. The Kier molecular flexibility index (Phi) is 7.03. The number of nitrogens with one attached hydrogen (secondary N) is 1. The molecule has 0 bridgehead atoms. The number of amides is 1. The van der Waals surface area contributed by atoms with Gasteiger partial charge in [-0.3, -0.25) is 9.59 Å². The lowest BCUT2D eigenvalue weighted by atomic mass is 9.81. The Labute approximate surface area is 197 Å². The van der Waals surface area contributed by atoms with Gasteiger partial charge in [-0.2, -0.15) is 0 Å². The highest BCUT2D eigenvalue weighted by Gasteiger charge is 2.31. The van der Waals surface area contributed by atoms with Crippen molar-refractivity contribution in [2.75, 3.05) is 12.4 Å². The molecule has 0 aliphatic heterocycles. The van der Waals surface area contributed by atoms with Crippen LogP contribution < -0.4 is 5.32 Å². The van der Waals surface area contributed by atoms with Crippen LogP contribution in [-0.4, -0.2) is 38.9 Å². The van der Waals surface area contributed by atoms with Crippen LogP contribution in [0, 0.1) is 18.8 Å². The molecule has 1 fully saturated rings. The highest BCUT2D eigenvalue weighted by atomic mass is 32.1. The summed E-state index contributed by atoms with van der Waals surface area (Å²) in [5.74, 6) is 0.448. The number of pyridine rings is 2. The van der Waals surface area contributed by atoms with Crippen molar-refractivity contribution >= 4 is 34.8 Å². The predicted octanol–water partition coefficient (Wildman–Crippen LogP) is 5.11. The summed E-state index contributed by atoms with van der Waals surface area (Å²) in [6.45, 7) is 2.56. The molecule has 1 amide bonds. The molecule has 0 unspecified atom stereocenters. The number of thiophene rings is 1. The molecule has 1 saturated carbocycles. The highest BCUT2D eigenvalue weighted by molar-refractivity contribution is 7.15. The van der Waals surface area contributed by atoms with Gasteiger partial charge < -0.3 is 15.3 Å². The minimum atomic E-state index is -0.747. The van der Waals surface area contributed by atoms with Crippen LogP contribution in [0.15, 0.2) is 48.7 Å². The van der Waals surface area contributed by atoms with Crippen molar-refractivity contribution in [3.8, 4) is 10.6 Å². The Morgan fingerprint density at radius 1 is 1.09 bits per heavy atom. The maximum absolute atomic E-state index is 12.9. The zero-order valence-corrected chi connectivity index (χ0v) is 19.6. The van der Waals surface area contributed by atoms with Crippen molar-refractivity contribution in [2.45, 2.75) is 39.2 Å². The normalized spacial score (nSPS) is 18.0. The SMILES string of the molecule is Cc1ccnc(Nc2cccc(-c3ccc(CN(C)C(=O)[C@H]4CC[C@H](C(=O)O)CC4)s3)n2)c1. The van der Waals surface area contributed by atoms with Crippen molar-refractivity contribution in [1.82, 2.24) is 14.9 Å². The van der Waals surface area contributed by atoms with Gasteiger partial charge in [0.05, 0.1) is 23.0 Å². The average molecular weight is 465 g/mol. The molecule has 1 aliphatic carbocycles. The zero-order chi connectivity index (χ0) is 23.4. The van der Waals surface area contributed by atoms with E-state index >= 15 is 0 Å². The minimum absolute atomic E-state index is 0.0790. The number of hydrogen-bond acceptors (Lipinski definition) is 6. The number of aryl methyl sites for hydroxylation is 1. The average Bonchev–Trinajstić information content (AvgIpc) is 3.27. The first-order valence-corrected chi connectivity index (χ1v) is 11.9. The lowest BCUT2D eigenvalue weighted by Gasteiger charge is -2.28. The summed E-state index contributed by atoms with van der Waals surface area (Å²) in [5, 5.41) is 12.4. The van der Waals surface area contributed by atoms with E-state index in [0.717, 1.165) is 32.6 Å². The molecule has 1 aliphatic rings. The van der Waals surface area contributed by atoms with Gasteiger partial charge in [0, 0.05) is 24.0 Å². The van der Waals surface area contributed by atoms with Crippen molar-refractivity contribution in [1.29, 1.82) is 0 Å². The second-order valence-corrected chi connectivity index (χ2v) is 9.77. The number of carbonyl (C=O) groups is 2. The van der Waals surface area contributed by atoms with E-state index in [1.165, 1.54) is 0 Å². The van der Waals surface area contributed by atoms with Crippen molar-refractivity contribution in [2.24, 2.45) is 11.8 Å². The molecule has 7 nitrogen and oxygen atoms in total. The van der Waals surface area contributed by atoms with E-state index in [4.69, 9.17) is 10.1 Å². The fourth-order valence-electron chi connectivity index (χ4n) is 4.19. The van der Waals surface area contributed by atoms with E-state index in [1.807, 2.05) is 56.4 Å². The van der Waals surface area contributed by atoms with Gasteiger partial charge in [0.25, 0.3) is 0 Å². The van der Waals surface area contributed by atoms with E-state index in [2.05, 4.69) is 10.3 Å². The van der Waals surface area contributed by atoms with Gasteiger partial charge in [-0.15, -0.1) is 11.3 Å². The van der Waals surface area contributed by atoms with Crippen molar-refractivity contribution < 1.29 is 14.7 Å². The van der Waals surface area contributed by atoms with Crippen LogP contribution in [0.1, 0.15) is 36.1 Å². The number of carboxylic acids is 1. The van der Waals surface area contributed by atoms with Crippen LogP contribution in [0.4, 0.5) is 11.6 Å². The van der Waals surface area contributed by atoms with E-state index in [9.17, 15) is 9.59 Å². The molecule has 0 atom stereocenters. The summed E-state index contributed by atoms with van der Waals surface area (Å²) < 4.78 is 0. The molecule has 4 rings (SSSR count). The third-order valence-electron chi connectivity index (χ3n) is 6.03. The lowest BCUT2D eigenvalue weighted by molar-refractivity contribution is -0.145. The van der Waals surface area contributed by atoms with Gasteiger partial charge in [0.2, 0.25) is 5.91 Å². The van der Waals surface area contributed by atoms with E-state index < -0.39 is 5.97 Å².